The van der Waals surface area contributed by atoms with Crippen molar-refractivity contribution in [3.05, 3.63) is 12.2 Å². The van der Waals surface area contributed by atoms with Gasteiger partial charge >= 0.3 is 0 Å². The molecule has 2 aliphatic heterocycles. The summed E-state index contributed by atoms with van der Waals surface area (Å²) >= 11 is 0. The van der Waals surface area contributed by atoms with Crippen LogP contribution in [-0.4, -0.2) is 45.4 Å². The largest absolute Gasteiger partial charge is 0.353 e. The maximum Gasteiger partial charge on any atom is 0.157 e. The second-order valence-corrected chi connectivity index (χ2v) is 8.96. The van der Waals surface area contributed by atoms with Crippen LogP contribution in [0.4, 0.5) is 0 Å². The molecule has 1 fully saturated rings. The van der Waals surface area contributed by atoms with Crippen LogP contribution in [-0.2, 0) is 20.5 Å². The monoisotopic (exact) mass is 315 g/mol. The highest BCUT2D eigenvalue weighted by Crippen LogP contribution is 2.26. The molecule has 1 saturated heterocycles. The van der Waals surface area contributed by atoms with Gasteiger partial charge in [-0.1, -0.05) is 12.2 Å². The number of allylic oxidation sites excluding steroid dienone is 1. The van der Waals surface area contributed by atoms with Crippen LogP contribution < -0.4 is 0 Å². The number of hydrogen-bond donors (Lipinski definition) is 0. The Balaban J connectivity index is 1.94. The first-order valence-electron chi connectivity index (χ1n) is 8.05. The summed E-state index contributed by atoms with van der Waals surface area (Å²) in [6.45, 7) is 8.51. The Labute approximate surface area is 131 Å². The third kappa shape index (κ3) is 5.16. The molecule has 1 unspecified atom stereocenters. The van der Waals surface area contributed by atoms with Crippen molar-refractivity contribution in [2.45, 2.75) is 70.0 Å². The van der Waals surface area contributed by atoms with Gasteiger partial charge in [0.2, 0.25) is 0 Å². The zero-order valence-electron chi connectivity index (χ0n) is 13.5. The standard InChI is InChI=1S/C16H29NO3S/c1-16(2,3)21(18)17-11-6-4-5-8-14(17)9-10-15-19-12-7-13-20-15/h4,6,14-15H,5,7-13H2,1-3H3/t14-,21?/m0/s1. The molecule has 122 valence electrons. The molecule has 21 heavy (non-hydrogen) atoms. The van der Waals surface area contributed by atoms with E-state index in [1.54, 1.807) is 0 Å². The van der Waals surface area contributed by atoms with Gasteiger partial charge in [0.15, 0.2) is 6.29 Å². The number of rotatable bonds is 4. The van der Waals surface area contributed by atoms with Gasteiger partial charge in [0, 0.05) is 12.6 Å². The van der Waals surface area contributed by atoms with Gasteiger partial charge in [-0.05, 0) is 52.9 Å². The third-order valence-corrected chi connectivity index (χ3v) is 5.82. The molecule has 0 aromatic carbocycles. The van der Waals surface area contributed by atoms with E-state index in [0.29, 0.717) is 6.04 Å². The van der Waals surface area contributed by atoms with Crippen LogP contribution in [0.5, 0.6) is 0 Å². The highest BCUT2D eigenvalue weighted by Gasteiger charge is 2.31. The quantitative estimate of drug-likeness (QED) is 0.749. The van der Waals surface area contributed by atoms with Gasteiger partial charge in [0.05, 0.1) is 18.0 Å². The fourth-order valence-electron chi connectivity index (χ4n) is 2.75. The highest BCUT2D eigenvalue weighted by molar-refractivity contribution is 7.84. The lowest BCUT2D eigenvalue weighted by Gasteiger charge is -2.34. The van der Waals surface area contributed by atoms with E-state index in [2.05, 4.69) is 16.5 Å². The molecule has 0 radical (unpaired) electrons. The van der Waals surface area contributed by atoms with Crippen molar-refractivity contribution < 1.29 is 13.7 Å². The lowest BCUT2D eigenvalue weighted by atomic mass is 10.1. The first-order chi connectivity index (χ1) is 9.98. The summed E-state index contributed by atoms with van der Waals surface area (Å²) in [6, 6.07) is 0.342. The Bertz CT molecular complexity index is 372. The van der Waals surface area contributed by atoms with Crippen molar-refractivity contribution in [1.82, 2.24) is 4.31 Å². The third-order valence-electron chi connectivity index (χ3n) is 3.89. The van der Waals surface area contributed by atoms with Crippen molar-refractivity contribution in [1.29, 1.82) is 0 Å². The maximum atomic E-state index is 12.8. The Hall–Kier alpha value is -0.230. The van der Waals surface area contributed by atoms with Crippen molar-refractivity contribution in [3.63, 3.8) is 0 Å². The molecule has 2 heterocycles. The molecule has 2 rings (SSSR count). The molecule has 0 saturated carbocycles. The second-order valence-electron chi connectivity index (χ2n) is 6.77. The topological polar surface area (TPSA) is 38.8 Å². The smallest absolute Gasteiger partial charge is 0.157 e. The molecule has 0 bridgehead atoms. The molecule has 2 atom stereocenters. The second kappa shape index (κ2) is 7.86. The van der Waals surface area contributed by atoms with Gasteiger partial charge < -0.3 is 9.47 Å². The summed E-state index contributed by atoms with van der Waals surface area (Å²) in [4.78, 5) is 0. The van der Waals surface area contributed by atoms with Crippen LogP contribution in [0.25, 0.3) is 0 Å². The van der Waals surface area contributed by atoms with Crippen molar-refractivity contribution >= 4 is 11.0 Å². The Morgan fingerprint density at radius 2 is 1.90 bits per heavy atom. The summed E-state index contributed by atoms with van der Waals surface area (Å²) in [5.74, 6) is 0. The predicted molar refractivity (Wildman–Crippen MR) is 86.3 cm³/mol. The van der Waals surface area contributed by atoms with Crippen LogP contribution in [0.1, 0.15) is 52.9 Å². The van der Waals surface area contributed by atoms with Crippen LogP contribution in [0.2, 0.25) is 0 Å². The SMILES string of the molecule is CC(C)(C)S(=O)N1CC=CCC[C@H]1CCC1OCCCO1. The summed E-state index contributed by atoms with van der Waals surface area (Å²) in [5, 5.41) is 0. The molecule has 2 aliphatic rings. The van der Waals surface area contributed by atoms with Gasteiger partial charge in [-0.25, -0.2) is 8.51 Å². The minimum absolute atomic E-state index is 0.0696. The molecule has 0 amide bonds. The first kappa shape index (κ1) is 17.1. The number of hydrogen-bond acceptors (Lipinski definition) is 3. The van der Waals surface area contributed by atoms with E-state index in [9.17, 15) is 4.21 Å². The molecule has 0 N–H and O–H groups in total. The van der Waals surface area contributed by atoms with E-state index in [4.69, 9.17) is 9.47 Å². The average Bonchev–Trinajstić information content (AvgIpc) is 2.69. The van der Waals surface area contributed by atoms with E-state index in [1.165, 1.54) is 0 Å². The van der Waals surface area contributed by atoms with Crippen LogP contribution in [0.15, 0.2) is 12.2 Å². The zero-order valence-corrected chi connectivity index (χ0v) is 14.4. The van der Waals surface area contributed by atoms with Gasteiger partial charge in [0.25, 0.3) is 0 Å². The number of nitrogens with zero attached hydrogens (tertiary/aromatic N) is 1. The minimum atomic E-state index is -0.971. The van der Waals surface area contributed by atoms with E-state index in [1.807, 2.05) is 20.8 Å². The first-order valence-corrected chi connectivity index (χ1v) is 9.16. The van der Waals surface area contributed by atoms with E-state index < -0.39 is 11.0 Å². The molecule has 0 aromatic heterocycles. The molecular formula is C16H29NO3S. The Morgan fingerprint density at radius 3 is 2.57 bits per heavy atom. The lowest BCUT2D eigenvalue weighted by molar-refractivity contribution is -0.182. The molecule has 0 aromatic rings. The van der Waals surface area contributed by atoms with Crippen molar-refractivity contribution in [2.75, 3.05) is 19.8 Å². The van der Waals surface area contributed by atoms with E-state index >= 15 is 0 Å². The van der Waals surface area contributed by atoms with Crippen LogP contribution in [0, 0.1) is 0 Å². The van der Waals surface area contributed by atoms with Crippen LogP contribution >= 0.6 is 0 Å². The fourth-order valence-corrected chi connectivity index (χ4v) is 4.16. The number of ether oxygens (including phenoxy) is 2. The Morgan fingerprint density at radius 1 is 1.19 bits per heavy atom. The summed E-state index contributed by atoms with van der Waals surface area (Å²) < 4.78 is 26.0. The van der Waals surface area contributed by atoms with Gasteiger partial charge in [-0.15, -0.1) is 0 Å². The Kier molecular flexibility index (Phi) is 6.41. The van der Waals surface area contributed by atoms with E-state index in [-0.39, 0.29) is 11.0 Å². The van der Waals surface area contributed by atoms with Crippen molar-refractivity contribution in [2.24, 2.45) is 0 Å². The van der Waals surface area contributed by atoms with Gasteiger partial charge in [-0.2, -0.15) is 0 Å². The normalized spacial score (nSPS) is 27.5. The average molecular weight is 315 g/mol. The summed E-state index contributed by atoms with van der Waals surface area (Å²) in [6.07, 6.45) is 9.28. The van der Waals surface area contributed by atoms with Gasteiger partial charge in [0.1, 0.15) is 11.0 Å². The molecule has 5 heteroatoms. The van der Waals surface area contributed by atoms with Gasteiger partial charge in [-0.3, -0.25) is 0 Å². The zero-order chi connectivity index (χ0) is 15.3. The maximum absolute atomic E-state index is 12.8. The van der Waals surface area contributed by atoms with Crippen LogP contribution in [0.3, 0.4) is 0 Å². The molecule has 4 nitrogen and oxygen atoms in total. The predicted octanol–water partition coefficient (Wildman–Crippen LogP) is 3.01. The molecule has 0 aliphatic carbocycles. The highest BCUT2D eigenvalue weighted by atomic mass is 32.2. The lowest BCUT2D eigenvalue weighted by Crippen LogP contribution is -2.44. The fraction of sp³-hybridized carbons (Fsp3) is 0.875. The minimum Gasteiger partial charge on any atom is -0.353 e. The summed E-state index contributed by atoms with van der Waals surface area (Å²) in [7, 11) is -0.971. The summed E-state index contributed by atoms with van der Waals surface area (Å²) in [5.41, 5.74) is 0. The molecular weight excluding hydrogens is 286 g/mol. The van der Waals surface area contributed by atoms with Crippen molar-refractivity contribution in [3.8, 4) is 0 Å². The molecule has 0 spiro atoms. The van der Waals surface area contributed by atoms with E-state index in [0.717, 1.165) is 51.9 Å².